The maximum atomic E-state index is 10.3. The zero-order chi connectivity index (χ0) is 9.14. The number of hydrogen-bond donors (Lipinski definition) is 2. The first kappa shape index (κ1) is 9.02. The predicted octanol–water partition coefficient (Wildman–Crippen LogP) is 0.230. The van der Waals surface area contributed by atoms with E-state index in [0.29, 0.717) is 16.9 Å². The third-order valence-electron chi connectivity index (χ3n) is 1.32. The molecule has 1 unspecified atom stereocenters. The van der Waals surface area contributed by atoms with Crippen LogP contribution in [-0.2, 0) is 16.8 Å². The molecular formula is C7H9N2O2S-. The molecule has 12 heavy (non-hydrogen) atoms. The molecule has 0 radical (unpaired) electrons. The lowest BCUT2D eigenvalue weighted by Crippen LogP contribution is -1.97. The highest BCUT2D eigenvalue weighted by atomic mass is 32.2. The van der Waals surface area contributed by atoms with E-state index in [0.717, 1.165) is 0 Å². The van der Waals surface area contributed by atoms with E-state index >= 15 is 0 Å². The van der Waals surface area contributed by atoms with E-state index in [9.17, 15) is 8.76 Å². The molecule has 0 aliphatic heterocycles. The lowest BCUT2D eigenvalue weighted by atomic mass is 10.2. The minimum atomic E-state index is -2.09. The fourth-order valence-electron chi connectivity index (χ4n) is 0.965. The number of anilines is 2. The molecule has 66 valence electrons. The molecule has 4 nitrogen and oxygen atoms in total. The molecule has 0 saturated carbocycles. The molecule has 0 amide bonds. The molecule has 5 heteroatoms. The molecule has 0 aliphatic carbocycles. The van der Waals surface area contributed by atoms with E-state index in [1.165, 1.54) is 0 Å². The van der Waals surface area contributed by atoms with Crippen LogP contribution in [0.3, 0.4) is 0 Å². The van der Waals surface area contributed by atoms with Crippen molar-refractivity contribution in [3.63, 3.8) is 0 Å². The molecule has 0 fully saturated rings. The number of nitrogen functional groups attached to an aromatic ring is 2. The summed E-state index contributed by atoms with van der Waals surface area (Å²) in [6.07, 6.45) is 0. The zero-order valence-corrected chi connectivity index (χ0v) is 7.14. The summed E-state index contributed by atoms with van der Waals surface area (Å²) < 4.78 is 20.6. The van der Waals surface area contributed by atoms with Gasteiger partial charge in [-0.05, 0) is 23.8 Å². The Balaban J connectivity index is 2.93. The summed E-state index contributed by atoms with van der Waals surface area (Å²) in [5, 5.41) is 0. The number of benzene rings is 1. The molecule has 1 rings (SSSR count). The van der Waals surface area contributed by atoms with E-state index in [-0.39, 0.29) is 5.75 Å². The second-order valence-electron chi connectivity index (χ2n) is 2.46. The highest BCUT2D eigenvalue weighted by molar-refractivity contribution is 7.78. The van der Waals surface area contributed by atoms with Crippen LogP contribution in [0.15, 0.2) is 18.2 Å². The van der Waals surface area contributed by atoms with Gasteiger partial charge in [-0.2, -0.15) is 0 Å². The Morgan fingerprint density at radius 1 is 1.25 bits per heavy atom. The van der Waals surface area contributed by atoms with Crippen LogP contribution in [-0.4, -0.2) is 8.76 Å². The normalized spacial score (nSPS) is 12.8. The van der Waals surface area contributed by atoms with Gasteiger partial charge < -0.3 is 16.0 Å². The standard InChI is InChI=1S/C7H10N2O2S/c8-6-1-5(4-12(10)11)2-7(9)3-6/h1-3H,4,8-9H2,(H,10,11)/p-1. The van der Waals surface area contributed by atoms with Gasteiger partial charge in [0.15, 0.2) is 0 Å². The first-order chi connectivity index (χ1) is 5.58. The van der Waals surface area contributed by atoms with Crippen LogP contribution < -0.4 is 11.5 Å². The quantitative estimate of drug-likeness (QED) is 0.509. The summed E-state index contributed by atoms with van der Waals surface area (Å²) in [5.41, 5.74) is 12.5. The Bertz CT molecular complexity index is 294. The van der Waals surface area contributed by atoms with Gasteiger partial charge in [-0.15, -0.1) is 0 Å². The molecule has 0 heterocycles. The highest BCUT2D eigenvalue weighted by Crippen LogP contribution is 2.14. The summed E-state index contributed by atoms with van der Waals surface area (Å²) in [6, 6.07) is 4.76. The minimum Gasteiger partial charge on any atom is -0.772 e. The van der Waals surface area contributed by atoms with Gasteiger partial charge in [-0.3, -0.25) is 4.21 Å². The summed E-state index contributed by atoms with van der Waals surface area (Å²) in [5.74, 6) is -0.0464. The summed E-state index contributed by atoms with van der Waals surface area (Å²) in [7, 11) is 0. The average molecular weight is 185 g/mol. The number of rotatable bonds is 2. The SMILES string of the molecule is Nc1cc(N)cc(CS(=O)[O-])c1. The van der Waals surface area contributed by atoms with Gasteiger partial charge in [-0.1, -0.05) is 11.1 Å². The van der Waals surface area contributed by atoms with Crippen molar-refractivity contribution < 1.29 is 8.76 Å². The van der Waals surface area contributed by atoms with E-state index in [4.69, 9.17) is 11.5 Å². The van der Waals surface area contributed by atoms with Crippen molar-refractivity contribution in [2.24, 2.45) is 0 Å². The van der Waals surface area contributed by atoms with Crippen molar-refractivity contribution in [2.45, 2.75) is 5.75 Å². The minimum absolute atomic E-state index is 0.0464. The van der Waals surface area contributed by atoms with Crippen molar-refractivity contribution in [1.29, 1.82) is 0 Å². The lowest BCUT2D eigenvalue weighted by molar-refractivity contribution is 0.536. The molecule has 0 aliphatic rings. The molecule has 1 aromatic carbocycles. The van der Waals surface area contributed by atoms with Crippen molar-refractivity contribution >= 4 is 22.5 Å². The molecule has 1 atom stereocenters. The lowest BCUT2D eigenvalue weighted by Gasteiger charge is -2.06. The largest absolute Gasteiger partial charge is 0.772 e. The first-order valence-electron chi connectivity index (χ1n) is 3.28. The van der Waals surface area contributed by atoms with Gasteiger partial charge in [0.2, 0.25) is 0 Å². The molecule has 0 saturated heterocycles. The van der Waals surface area contributed by atoms with Crippen LogP contribution in [0.2, 0.25) is 0 Å². The van der Waals surface area contributed by atoms with Crippen LogP contribution >= 0.6 is 0 Å². The van der Waals surface area contributed by atoms with Gasteiger partial charge in [0.05, 0.1) is 0 Å². The fourth-order valence-corrected chi connectivity index (χ4v) is 1.40. The van der Waals surface area contributed by atoms with Crippen molar-refractivity contribution in [2.75, 3.05) is 11.5 Å². The van der Waals surface area contributed by atoms with Crippen LogP contribution in [0.25, 0.3) is 0 Å². The number of nitrogens with two attached hydrogens (primary N) is 2. The van der Waals surface area contributed by atoms with Crippen LogP contribution in [0, 0.1) is 0 Å². The topological polar surface area (TPSA) is 92.2 Å². The summed E-state index contributed by atoms with van der Waals surface area (Å²) in [6.45, 7) is 0. The zero-order valence-electron chi connectivity index (χ0n) is 6.32. The number of hydrogen-bond acceptors (Lipinski definition) is 4. The van der Waals surface area contributed by atoms with Crippen molar-refractivity contribution in [3.05, 3.63) is 23.8 Å². The van der Waals surface area contributed by atoms with Crippen LogP contribution in [0.4, 0.5) is 11.4 Å². The second-order valence-corrected chi connectivity index (χ2v) is 3.35. The monoisotopic (exact) mass is 185 g/mol. The maximum Gasteiger partial charge on any atom is 0.0354 e. The second kappa shape index (κ2) is 3.55. The summed E-state index contributed by atoms with van der Waals surface area (Å²) in [4.78, 5) is 0. The third kappa shape index (κ3) is 2.52. The van der Waals surface area contributed by atoms with E-state index < -0.39 is 11.1 Å². The Kier molecular flexibility index (Phi) is 2.67. The molecule has 1 aromatic rings. The molecule has 0 spiro atoms. The maximum absolute atomic E-state index is 10.3. The Morgan fingerprint density at radius 3 is 2.17 bits per heavy atom. The molecule has 4 N–H and O–H groups in total. The predicted molar refractivity (Wildman–Crippen MR) is 47.9 cm³/mol. The van der Waals surface area contributed by atoms with Crippen LogP contribution in [0.1, 0.15) is 5.56 Å². The third-order valence-corrected chi connectivity index (χ3v) is 1.89. The van der Waals surface area contributed by atoms with E-state index in [1.807, 2.05) is 0 Å². The average Bonchev–Trinajstić information content (AvgIpc) is 1.81. The van der Waals surface area contributed by atoms with Gasteiger partial charge in [0, 0.05) is 17.1 Å². The summed E-state index contributed by atoms with van der Waals surface area (Å²) >= 11 is -2.09. The van der Waals surface area contributed by atoms with E-state index in [1.54, 1.807) is 18.2 Å². The van der Waals surface area contributed by atoms with E-state index in [2.05, 4.69) is 0 Å². The van der Waals surface area contributed by atoms with Gasteiger partial charge in [0.25, 0.3) is 0 Å². The smallest absolute Gasteiger partial charge is 0.0354 e. The van der Waals surface area contributed by atoms with Crippen LogP contribution in [0.5, 0.6) is 0 Å². The van der Waals surface area contributed by atoms with Gasteiger partial charge in [-0.25, -0.2) is 0 Å². The molecule has 0 aromatic heterocycles. The molecule has 0 bridgehead atoms. The first-order valence-corrected chi connectivity index (χ1v) is 4.53. The fraction of sp³-hybridized carbons (Fsp3) is 0.143. The Labute approximate surface area is 72.9 Å². The van der Waals surface area contributed by atoms with Crippen molar-refractivity contribution in [3.8, 4) is 0 Å². The van der Waals surface area contributed by atoms with Gasteiger partial charge >= 0.3 is 0 Å². The van der Waals surface area contributed by atoms with Gasteiger partial charge in [0.1, 0.15) is 0 Å². The Hall–Kier alpha value is -1.07. The van der Waals surface area contributed by atoms with Crippen molar-refractivity contribution in [1.82, 2.24) is 0 Å². The highest BCUT2D eigenvalue weighted by Gasteiger charge is 1.96. The molecular weight excluding hydrogens is 176 g/mol. The Morgan fingerprint density at radius 2 is 1.75 bits per heavy atom.